The molecule has 70 valence electrons. The van der Waals surface area contributed by atoms with E-state index in [1.165, 1.54) is 0 Å². The fraction of sp³-hybridized carbons (Fsp3) is 0.556. The Morgan fingerprint density at radius 3 is 2.31 bits per heavy atom. The molecule has 0 aliphatic carbocycles. The Balaban J connectivity index is 2.08. The van der Waals surface area contributed by atoms with Gasteiger partial charge in [-0.25, -0.2) is 9.97 Å². The molecular formula is C9H14N4. The van der Waals surface area contributed by atoms with Crippen LogP contribution in [0, 0.1) is 5.41 Å². The smallest absolute Gasteiger partial charge is 0.225 e. The first-order chi connectivity index (χ1) is 6.07. The van der Waals surface area contributed by atoms with E-state index in [0.717, 1.165) is 19.0 Å². The van der Waals surface area contributed by atoms with Crippen molar-refractivity contribution in [2.45, 2.75) is 13.8 Å². The fourth-order valence-electron chi connectivity index (χ4n) is 1.62. The summed E-state index contributed by atoms with van der Waals surface area (Å²) in [5.74, 6) is 0.786. The second kappa shape index (κ2) is 2.58. The molecule has 0 saturated carbocycles. The van der Waals surface area contributed by atoms with Crippen LogP contribution in [-0.2, 0) is 0 Å². The molecule has 0 atom stereocenters. The minimum absolute atomic E-state index is 0.407. The minimum Gasteiger partial charge on any atom is -0.396 e. The molecule has 0 aromatic carbocycles. The molecule has 4 heteroatoms. The summed E-state index contributed by atoms with van der Waals surface area (Å²) in [7, 11) is 0. The molecule has 2 heterocycles. The molecule has 0 spiro atoms. The highest BCUT2D eigenvalue weighted by Gasteiger charge is 2.35. The predicted molar refractivity (Wildman–Crippen MR) is 52.4 cm³/mol. The highest BCUT2D eigenvalue weighted by molar-refractivity contribution is 5.40. The van der Waals surface area contributed by atoms with Crippen molar-refractivity contribution in [2.75, 3.05) is 23.7 Å². The van der Waals surface area contributed by atoms with Crippen LogP contribution in [0.15, 0.2) is 12.4 Å². The molecule has 0 unspecified atom stereocenters. The van der Waals surface area contributed by atoms with Crippen molar-refractivity contribution >= 4 is 11.6 Å². The molecule has 13 heavy (non-hydrogen) atoms. The van der Waals surface area contributed by atoms with Crippen LogP contribution >= 0.6 is 0 Å². The van der Waals surface area contributed by atoms with Gasteiger partial charge in [-0.2, -0.15) is 0 Å². The second-order valence-electron chi connectivity index (χ2n) is 4.34. The third-order valence-electron chi connectivity index (χ3n) is 2.18. The number of nitrogens with zero attached hydrogens (tertiary/aromatic N) is 3. The molecule has 1 saturated heterocycles. The van der Waals surface area contributed by atoms with Crippen molar-refractivity contribution in [1.29, 1.82) is 0 Å². The fourth-order valence-corrected chi connectivity index (χ4v) is 1.62. The number of nitrogen functional groups attached to an aromatic ring is 1. The van der Waals surface area contributed by atoms with E-state index in [4.69, 9.17) is 5.73 Å². The highest BCUT2D eigenvalue weighted by atomic mass is 15.3. The minimum atomic E-state index is 0.407. The lowest BCUT2D eigenvalue weighted by atomic mass is 9.85. The summed E-state index contributed by atoms with van der Waals surface area (Å²) in [6, 6.07) is 0. The van der Waals surface area contributed by atoms with Gasteiger partial charge in [0.2, 0.25) is 5.95 Å². The van der Waals surface area contributed by atoms with Crippen molar-refractivity contribution in [3.8, 4) is 0 Å². The Hall–Kier alpha value is -1.32. The van der Waals surface area contributed by atoms with Crippen LogP contribution in [0.25, 0.3) is 0 Å². The van der Waals surface area contributed by atoms with Crippen molar-refractivity contribution in [3.05, 3.63) is 12.4 Å². The van der Waals surface area contributed by atoms with Gasteiger partial charge in [0.1, 0.15) is 0 Å². The quantitative estimate of drug-likeness (QED) is 0.694. The molecule has 2 rings (SSSR count). The molecule has 1 aromatic heterocycles. The van der Waals surface area contributed by atoms with Gasteiger partial charge in [0.25, 0.3) is 0 Å². The van der Waals surface area contributed by atoms with Gasteiger partial charge in [-0.1, -0.05) is 13.8 Å². The van der Waals surface area contributed by atoms with Crippen LogP contribution in [0.2, 0.25) is 0 Å². The van der Waals surface area contributed by atoms with E-state index in [1.54, 1.807) is 12.4 Å². The lowest BCUT2D eigenvalue weighted by molar-refractivity contribution is 0.272. The summed E-state index contributed by atoms with van der Waals surface area (Å²) in [4.78, 5) is 10.5. The van der Waals surface area contributed by atoms with E-state index >= 15 is 0 Å². The largest absolute Gasteiger partial charge is 0.396 e. The van der Waals surface area contributed by atoms with Crippen LogP contribution < -0.4 is 10.6 Å². The number of hydrogen-bond acceptors (Lipinski definition) is 4. The van der Waals surface area contributed by atoms with Gasteiger partial charge in [-0.3, -0.25) is 0 Å². The van der Waals surface area contributed by atoms with E-state index in [2.05, 4.69) is 28.7 Å². The van der Waals surface area contributed by atoms with Crippen LogP contribution in [0.5, 0.6) is 0 Å². The number of nitrogens with two attached hydrogens (primary N) is 1. The maximum Gasteiger partial charge on any atom is 0.225 e. The molecule has 2 N–H and O–H groups in total. The second-order valence-corrected chi connectivity index (χ2v) is 4.34. The average Bonchev–Trinajstić information content (AvgIpc) is 2.01. The molecule has 1 fully saturated rings. The van der Waals surface area contributed by atoms with Crippen LogP contribution in [0.4, 0.5) is 11.6 Å². The number of rotatable bonds is 1. The van der Waals surface area contributed by atoms with Crippen molar-refractivity contribution in [3.63, 3.8) is 0 Å². The van der Waals surface area contributed by atoms with Gasteiger partial charge in [0.05, 0.1) is 18.1 Å². The van der Waals surface area contributed by atoms with Crippen LogP contribution in [-0.4, -0.2) is 23.1 Å². The number of aromatic nitrogens is 2. The summed E-state index contributed by atoms with van der Waals surface area (Å²) in [6.07, 6.45) is 3.29. The van der Waals surface area contributed by atoms with Gasteiger partial charge in [0, 0.05) is 13.1 Å². The van der Waals surface area contributed by atoms with Crippen LogP contribution in [0.3, 0.4) is 0 Å². The third-order valence-corrected chi connectivity index (χ3v) is 2.18. The molecule has 0 radical (unpaired) electrons. The van der Waals surface area contributed by atoms with Gasteiger partial charge in [-0.15, -0.1) is 0 Å². The maximum atomic E-state index is 5.50. The summed E-state index contributed by atoms with van der Waals surface area (Å²) < 4.78 is 0. The summed E-state index contributed by atoms with van der Waals surface area (Å²) >= 11 is 0. The predicted octanol–water partition coefficient (Wildman–Crippen LogP) is 0.905. The Bertz CT molecular complexity index is 296. The topological polar surface area (TPSA) is 55.0 Å². The Kier molecular flexibility index (Phi) is 1.65. The van der Waals surface area contributed by atoms with Crippen molar-refractivity contribution in [1.82, 2.24) is 9.97 Å². The number of hydrogen-bond donors (Lipinski definition) is 1. The maximum absolute atomic E-state index is 5.50. The van der Waals surface area contributed by atoms with Gasteiger partial charge < -0.3 is 10.6 Å². The molecule has 0 amide bonds. The van der Waals surface area contributed by atoms with Gasteiger partial charge in [0.15, 0.2) is 0 Å². The average molecular weight is 178 g/mol. The lowest BCUT2D eigenvalue weighted by Crippen LogP contribution is -2.53. The zero-order valence-corrected chi connectivity index (χ0v) is 7.99. The monoisotopic (exact) mass is 178 g/mol. The Labute approximate surface area is 77.8 Å². The van der Waals surface area contributed by atoms with E-state index < -0.39 is 0 Å². The molecule has 1 aliphatic rings. The summed E-state index contributed by atoms with van der Waals surface area (Å²) in [6.45, 7) is 6.52. The van der Waals surface area contributed by atoms with Crippen molar-refractivity contribution < 1.29 is 0 Å². The molecule has 1 aliphatic heterocycles. The molecular weight excluding hydrogens is 164 g/mol. The zero-order chi connectivity index (χ0) is 9.47. The summed E-state index contributed by atoms with van der Waals surface area (Å²) in [5.41, 5.74) is 6.52. The molecule has 4 nitrogen and oxygen atoms in total. The summed E-state index contributed by atoms with van der Waals surface area (Å²) in [5, 5.41) is 0. The first-order valence-electron chi connectivity index (χ1n) is 4.39. The normalized spacial score (nSPS) is 19.7. The van der Waals surface area contributed by atoms with E-state index in [9.17, 15) is 0 Å². The number of anilines is 2. The molecule has 1 aromatic rings. The highest BCUT2D eigenvalue weighted by Crippen LogP contribution is 2.31. The first-order valence-corrected chi connectivity index (χ1v) is 4.39. The van der Waals surface area contributed by atoms with Crippen molar-refractivity contribution in [2.24, 2.45) is 5.41 Å². The third kappa shape index (κ3) is 1.56. The first kappa shape index (κ1) is 8.29. The van der Waals surface area contributed by atoms with E-state index in [-0.39, 0.29) is 0 Å². The SMILES string of the molecule is CC1(C)CN(c2ncc(N)cn2)C1. The van der Waals surface area contributed by atoms with Gasteiger partial charge in [-0.05, 0) is 5.41 Å². The van der Waals surface area contributed by atoms with E-state index in [0.29, 0.717) is 11.1 Å². The Morgan fingerprint density at radius 1 is 1.31 bits per heavy atom. The molecule has 0 bridgehead atoms. The Morgan fingerprint density at radius 2 is 1.85 bits per heavy atom. The van der Waals surface area contributed by atoms with Gasteiger partial charge >= 0.3 is 0 Å². The standard InChI is InChI=1S/C9H14N4/c1-9(2)5-13(6-9)8-11-3-7(10)4-12-8/h3-4H,5-6,10H2,1-2H3. The zero-order valence-electron chi connectivity index (χ0n) is 7.99. The van der Waals surface area contributed by atoms with Crippen LogP contribution in [0.1, 0.15) is 13.8 Å². The lowest BCUT2D eigenvalue weighted by Gasteiger charge is -2.45. The van der Waals surface area contributed by atoms with E-state index in [1.807, 2.05) is 0 Å².